The van der Waals surface area contributed by atoms with Crippen LogP contribution >= 0.6 is 27.7 Å². The molecule has 3 rings (SSSR count). The van der Waals surface area contributed by atoms with Gasteiger partial charge in [-0.2, -0.15) is 0 Å². The van der Waals surface area contributed by atoms with Crippen LogP contribution in [0.2, 0.25) is 0 Å². The van der Waals surface area contributed by atoms with Crippen molar-refractivity contribution in [1.82, 2.24) is 9.97 Å². The van der Waals surface area contributed by atoms with Crippen molar-refractivity contribution < 1.29 is 8.78 Å². The standard InChI is InChI=1S/C13H9BrF2N2S/c14-11-6-12(18-13(17-11)7-1-2-7)19-10-5-8(15)3-4-9(10)16/h3-7H,1-2H2. The smallest absolute Gasteiger partial charge is 0.137 e. The van der Waals surface area contributed by atoms with E-state index in [0.717, 1.165) is 42.6 Å². The van der Waals surface area contributed by atoms with E-state index in [1.807, 2.05) is 0 Å². The van der Waals surface area contributed by atoms with E-state index in [4.69, 9.17) is 0 Å². The summed E-state index contributed by atoms with van der Waals surface area (Å²) in [5, 5.41) is 0.619. The molecule has 0 amide bonds. The predicted octanol–water partition coefficient (Wildman–Crippen LogP) is 4.55. The maximum atomic E-state index is 13.6. The van der Waals surface area contributed by atoms with E-state index in [1.165, 1.54) is 6.07 Å². The molecule has 6 heteroatoms. The third-order valence-corrected chi connectivity index (χ3v) is 4.10. The van der Waals surface area contributed by atoms with Crippen LogP contribution in [-0.2, 0) is 0 Å². The summed E-state index contributed by atoms with van der Waals surface area (Å²) in [4.78, 5) is 8.93. The molecule has 98 valence electrons. The number of hydrogen-bond donors (Lipinski definition) is 0. The van der Waals surface area contributed by atoms with Gasteiger partial charge in [0.05, 0.1) is 4.90 Å². The summed E-state index contributed by atoms with van der Waals surface area (Å²) >= 11 is 4.43. The van der Waals surface area contributed by atoms with Crippen molar-refractivity contribution in [3.63, 3.8) is 0 Å². The van der Waals surface area contributed by atoms with Gasteiger partial charge in [0.15, 0.2) is 0 Å². The van der Waals surface area contributed by atoms with Crippen LogP contribution in [0.4, 0.5) is 8.78 Å². The molecule has 19 heavy (non-hydrogen) atoms. The lowest BCUT2D eigenvalue weighted by Crippen LogP contribution is -1.95. The number of hydrogen-bond acceptors (Lipinski definition) is 3. The summed E-state index contributed by atoms with van der Waals surface area (Å²) in [6, 6.07) is 5.11. The molecule has 0 radical (unpaired) electrons. The number of benzene rings is 1. The van der Waals surface area contributed by atoms with Crippen LogP contribution < -0.4 is 0 Å². The lowest BCUT2D eigenvalue weighted by molar-refractivity contribution is 0.577. The van der Waals surface area contributed by atoms with E-state index in [0.29, 0.717) is 15.5 Å². The minimum absolute atomic E-state index is 0.229. The van der Waals surface area contributed by atoms with Crippen LogP contribution in [-0.4, -0.2) is 9.97 Å². The van der Waals surface area contributed by atoms with Crippen molar-refractivity contribution in [3.8, 4) is 0 Å². The van der Waals surface area contributed by atoms with E-state index in [2.05, 4.69) is 25.9 Å². The van der Waals surface area contributed by atoms with Crippen LogP contribution in [0.3, 0.4) is 0 Å². The van der Waals surface area contributed by atoms with Crippen LogP contribution in [0.15, 0.2) is 38.8 Å². The molecule has 1 aliphatic carbocycles. The second kappa shape index (κ2) is 5.17. The highest BCUT2D eigenvalue weighted by molar-refractivity contribution is 9.10. The topological polar surface area (TPSA) is 25.8 Å². The van der Waals surface area contributed by atoms with Crippen LogP contribution in [0.5, 0.6) is 0 Å². The van der Waals surface area contributed by atoms with E-state index in [9.17, 15) is 8.78 Å². The Hall–Kier alpha value is -1.01. The SMILES string of the molecule is Fc1ccc(F)c(Sc2cc(Br)nc(C3CC3)n2)c1. The quantitative estimate of drug-likeness (QED) is 0.765. The fraction of sp³-hybridized carbons (Fsp3) is 0.231. The second-order valence-electron chi connectivity index (χ2n) is 4.34. The molecule has 1 fully saturated rings. The Morgan fingerprint density at radius 3 is 2.68 bits per heavy atom. The van der Waals surface area contributed by atoms with Crippen LogP contribution in [0.25, 0.3) is 0 Å². The Labute approximate surface area is 121 Å². The van der Waals surface area contributed by atoms with Crippen molar-refractivity contribution in [1.29, 1.82) is 0 Å². The minimum Gasteiger partial charge on any atom is -0.226 e. The molecule has 0 spiro atoms. The molecule has 0 N–H and O–H groups in total. The Kier molecular flexibility index (Phi) is 3.54. The average Bonchev–Trinajstić information content (AvgIpc) is 3.17. The highest BCUT2D eigenvalue weighted by Crippen LogP contribution is 2.40. The van der Waals surface area contributed by atoms with Gasteiger partial charge in [-0.25, -0.2) is 18.7 Å². The van der Waals surface area contributed by atoms with E-state index in [-0.39, 0.29) is 4.90 Å². The van der Waals surface area contributed by atoms with Crippen molar-refractivity contribution >= 4 is 27.7 Å². The first-order valence-corrected chi connectivity index (χ1v) is 7.40. The van der Waals surface area contributed by atoms with Gasteiger partial charge in [-0.1, -0.05) is 11.8 Å². The molecule has 1 aromatic heterocycles. The van der Waals surface area contributed by atoms with Gasteiger partial charge in [-0.15, -0.1) is 0 Å². The number of rotatable bonds is 3. The molecule has 2 nitrogen and oxygen atoms in total. The summed E-state index contributed by atoms with van der Waals surface area (Å²) in [5.41, 5.74) is 0. The molecule has 2 aromatic rings. The molecule has 0 saturated heterocycles. The summed E-state index contributed by atoms with van der Waals surface area (Å²) < 4.78 is 27.4. The molecular formula is C13H9BrF2N2S. The molecule has 1 saturated carbocycles. The Bertz CT molecular complexity index is 632. The second-order valence-corrected chi connectivity index (χ2v) is 6.21. The molecule has 1 heterocycles. The number of nitrogens with zero attached hydrogens (tertiary/aromatic N) is 2. The molecule has 1 aromatic carbocycles. The van der Waals surface area contributed by atoms with E-state index in [1.54, 1.807) is 6.07 Å². The predicted molar refractivity (Wildman–Crippen MR) is 72.2 cm³/mol. The van der Waals surface area contributed by atoms with Crippen molar-refractivity contribution in [2.45, 2.75) is 28.7 Å². The highest BCUT2D eigenvalue weighted by atomic mass is 79.9. The maximum absolute atomic E-state index is 13.6. The monoisotopic (exact) mass is 342 g/mol. The first-order valence-electron chi connectivity index (χ1n) is 5.79. The third-order valence-electron chi connectivity index (χ3n) is 2.74. The van der Waals surface area contributed by atoms with Gasteiger partial charge >= 0.3 is 0 Å². The summed E-state index contributed by atoms with van der Waals surface area (Å²) in [6.45, 7) is 0. The third kappa shape index (κ3) is 3.12. The molecule has 0 unspecified atom stereocenters. The van der Waals surface area contributed by atoms with Gasteiger partial charge in [0, 0.05) is 12.0 Å². The normalized spacial score (nSPS) is 14.7. The van der Waals surface area contributed by atoms with Gasteiger partial charge in [-0.05, 0) is 47.0 Å². The van der Waals surface area contributed by atoms with Crippen molar-refractivity contribution in [2.75, 3.05) is 0 Å². The van der Waals surface area contributed by atoms with Crippen LogP contribution in [0, 0.1) is 11.6 Å². The fourth-order valence-electron chi connectivity index (χ4n) is 1.66. The minimum atomic E-state index is -0.459. The zero-order valence-electron chi connectivity index (χ0n) is 9.74. The summed E-state index contributed by atoms with van der Waals surface area (Å²) in [5.74, 6) is 0.274. The van der Waals surface area contributed by atoms with Crippen molar-refractivity contribution in [3.05, 3.63) is 46.3 Å². The molecular weight excluding hydrogens is 334 g/mol. The first-order chi connectivity index (χ1) is 9.11. The van der Waals surface area contributed by atoms with Gasteiger partial charge in [0.25, 0.3) is 0 Å². The van der Waals surface area contributed by atoms with Crippen molar-refractivity contribution in [2.24, 2.45) is 0 Å². The summed E-state index contributed by atoms with van der Waals surface area (Å²) in [6.07, 6.45) is 2.18. The van der Waals surface area contributed by atoms with Gasteiger partial charge in [0.1, 0.15) is 27.1 Å². The maximum Gasteiger partial charge on any atom is 0.137 e. The van der Waals surface area contributed by atoms with Crippen LogP contribution in [0.1, 0.15) is 24.6 Å². The number of aromatic nitrogens is 2. The lowest BCUT2D eigenvalue weighted by atomic mass is 10.3. The summed E-state index contributed by atoms with van der Waals surface area (Å²) in [7, 11) is 0. The fourth-order valence-corrected chi connectivity index (χ4v) is 3.08. The molecule has 0 aliphatic heterocycles. The van der Waals surface area contributed by atoms with Gasteiger partial charge in [-0.3, -0.25) is 0 Å². The average molecular weight is 343 g/mol. The number of halogens is 3. The Balaban J connectivity index is 1.92. The zero-order valence-corrected chi connectivity index (χ0v) is 12.1. The van der Waals surface area contributed by atoms with Gasteiger partial charge < -0.3 is 0 Å². The van der Waals surface area contributed by atoms with E-state index < -0.39 is 11.6 Å². The Morgan fingerprint density at radius 2 is 1.95 bits per heavy atom. The molecule has 0 bridgehead atoms. The highest BCUT2D eigenvalue weighted by Gasteiger charge is 2.27. The Morgan fingerprint density at radius 1 is 1.16 bits per heavy atom. The van der Waals surface area contributed by atoms with Gasteiger partial charge in [0.2, 0.25) is 0 Å². The zero-order chi connectivity index (χ0) is 13.4. The lowest BCUT2D eigenvalue weighted by Gasteiger charge is -2.05. The molecule has 1 aliphatic rings. The molecule has 0 atom stereocenters. The van der Waals surface area contributed by atoms with E-state index >= 15 is 0 Å². The first kappa shape index (κ1) is 13.0. The largest absolute Gasteiger partial charge is 0.226 e.